The van der Waals surface area contributed by atoms with Crippen LogP contribution < -0.4 is 4.74 Å². The van der Waals surface area contributed by atoms with Crippen molar-refractivity contribution >= 4 is 21.9 Å². The van der Waals surface area contributed by atoms with Gasteiger partial charge in [-0.05, 0) is 25.0 Å². The predicted octanol–water partition coefficient (Wildman–Crippen LogP) is 3.05. The Hall–Kier alpha value is -1.95. The number of halogens is 1. The van der Waals surface area contributed by atoms with Gasteiger partial charge >= 0.3 is 5.97 Å². The van der Waals surface area contributed by atoms with Crippen molar-refractivity contribution < 1.29 is 14.6 Å². The molecule has 2 rings (SSSR count). The minimum absolute atomic E-state index is 0.347. The second-order valence-corrected chi connectivity index (χ2v) is 5.25. The number of aliphatic carboxylic acids is 1. The average Bonchev–Trinajstić information content (AvgIpc) is 2.46. The number of rotatable bonds is 6. The Morgan fingerprint density at radius 3 is 2.81 bits per heavy atom. The van der Waals surface area contributed by atoms with Crippen LogP contribution in [0.25, 0.3) is 0 Å². The Morgan fingerprint density at radius 1 is 1.38 bits per heavy atom. The molecule has 0 spiro atoms. The Morgan fingerprint density at radius 2 is 2.14 bits per heavy atom. The summed E-state index contributed by atoms with van der Waals surface area (Å²) >= 11 is 3.44. The topological polar surface area (TPSA) is 72.3 Å². The first-order valence-electron chi connectivity index (χ1n) is 6.52. The van der Waals surface area contributed by atoms with Crippen LogP contribution in [0, 0.1) is 0 Å². The Balaban J connectivity index is 2.29. The summed E-state index contributed by atoms with van der Waals surface area (Å²) in [6, 6.07) is 9.13. The minimum Gasteiger partial charge on any atom is -0.481 e. The van der Waals surface area contributed by atoms with E-state index in [9.17, 15) is 9.90 Å². The summed E-state index contributed by atoms with van der Waals surface area (Å²) in [5, 5.41) is 9.48. The summed E-state index contributed by atoms with van der Waals surface area (Å²) in [6.07, 6.45) is 1.68. The van der Waals surface area contributed by atoms with Crippen molar-refractivity contribution in [3.63, 3.8) is 0 Å². The molecule has 0 fully saturated rings. The third-order valence-corrected chi connectivity index (χ3v) is 3.77. The molecule has 0 aliphatic rings. The smallest absolute Gasteiger partial charge is 0.312 e. The molecule has 1 aromatic heterocycles. The molecule has 0 radical (unpaired) electrons. The number of carboxylic acid groups (broad SMARTS) is 1. The third kappa shape index (κ3) is 4.01. The van der Waals surface area contributed by atoms with Crippen LogP contribution in [0.3, 0.4) is 0 Å². The molecule has 2 aromatic rings. The highest BCUT2D eigenvalue weighted by molar-refractivity contribution is 9.10. The van der Waals surface area contributed by atoms with E-state index < -0.39 is 11.9 Å². The van der Waals surface area contributed by atoms with Crippen LogP contribution in [0.5, 0.6) is 5.88 Å². The largest absolute Gasteiger partial charge is 0.481 e. The van der Waals surface area contributed by atoms with Gasteiger partial charge in [0.1, 0.15) is 12.2 Å². The van der Waals surface area contributed by atoms with E-state index in [1.165, 1.54) is 6.33 Å². The highest BCUT2D eigenvalue weighted by Crippen LogP contribution is 2.25. The van der Waals surface area contributed by atoms with E-state index >= 15 is 0 Å². The number of carboxylic acids is 1. The Labute approximate surface area is 131 Å². The Kier molecular flexibility index (Phi) is 5.27. The molecule has 0 aliphatic carbocycles. The zero-order valence-corrected chi connectivity index (χ0v) is 13.1. The van der Waals surface area contributed by atoms with Crippen LogP contribution in [0.2, 0.25) is 0 Å². The van der Waals surface area contributed by atoms with E-state index in [0.29, 0.717) is 24.6 Å². The van der Waals surface area contributed by atoms with Crippen LogP contribution in [-0.2, 0) is 11.2 Å². The predicted molar refractivity (Wildman–Crippen MR) is 81.4 cm³/mol. The van der Waals surface area contributed by atoms with Crippen LogP contribution >= 0.6 is 15.9 Å². The maximum Gasteiger partial charge on any atom is 0.312 e. The zero-order valence-electron chi connectivity index (χ0n) is 11.5. The highest BCUT2D eigenvalue weighted by atomic mass is 79.9. The lowest BCUT2D eigenvalue weighted by Crippen LogP contribution is -2.16. The number of hydrogen-bond acceptors (Lipinski definition) is 4. The van der Waals surface area contributed by atoms with Gasteiger partial charge in [0.15, 0.2) is 0 Å². The number of carbonyl (C=O) groups is 1. The fraction of sp³-hybridized carbons (Fsp3) is 0.267. The molecular formula is C15H15BrN2O3. The van der Waals surface area contributed by atoms with Gasteiger partial charge in [-0.1, -0.05) is 34.1 Å². The summed E-state index contributed by atoms with van der Waals surface area (Å²) in [5.41, 5.74) is 1.36. The minimum atomic E-state index is -0.924. The summed E-state index contributed by atoms with van der Waals surface area (Å²) in [6.45, 7) is 2.32. The van der Waals surface area contributed by atoms with E-state index in [2.05, 4.69) is 25.9 Å². The second-order valence-electron chi connectivity index (χ2n) is 4.40. The van der Waals surface area contributed by atoms with Gasteiger partial charge in [-0.15, -0.1) is 0 Å². The van der Waals surface area contributed by atoms with E-state index in [1.807, 2.05) is 31.2 Å². The molecule has 0 amide bonds. The van der Waals surface area contributed by atoms with Gasteiger partial charge < -0.3 is 9.84 Å². The lowest BCUT2D eigenvalue weighted by atomic mass is 9.96. The van der Waals surface area contributed by atoms with Gasteiger partial charge in [0.25, 0.3) is 0 Å². The van der Waals surface area contributed by atoms with Crippen molar-refractivity contribution in [3.8, 4) is 5.88 Å². The maximum atomic E-state index is 11.6. The molecular weight excluding hydrogens is 336 g/mol. The fourth-order valence-corrected chi connectivity index (χ4v) is 2.42. The number of nitrogens with zero attached hydrogens (tertiary/aromatic N) is 2. The summed E-state index contributed by atoms with van der Waals surface area (Å²) in [5.74, 6) is -1.28. The molecule has 1 atom stereocenters. The first kappa shape index (κ1) is 15.4. The molecule has 0 aliphatic heterocycles. The molecule has 1 N–H and O–H groups in total. The quantitative estimate of drug-likeness (QED) is 0.866. The first-order chi connectivity index (χ1) is 10.1. The summed E-state index contributed by atoms with van der Waals surface area (Å²) < 4.78 is 6.18. The molecule has 0 saturated carbocycles. The van der Waals surface area contributed by atoms with Gasteiger partial charge in [0.2, 0.25) is 5.88 Å². The lowest BCUT2D eigenvalue weighted by Gasteiger charge is -2.13. The normalized spacial score (nSPS) is 11.9. The molecule has 0 saturated heterocycles. The van der Waals surface area contributed by atoms with Crippen LogP contribution in [-0.4, -0.2) is 27.7 Å². The molecule has 1 unspecified atom stereocenters. The number of aromatic nitrogens is 2. The number of ether oxygens (including phenoxy) is 1. The molecule has 0 bridgehead atoms. The van der Waals surface area contributed by atoms with E-state index in [1.54, 1.807) is 6.07 Å². The molecule has 1 heterocycles. The number of hydrogen-bond donors (Lipinski definition) is 1. The van der Waals surface area contributed by atoms with Crippen molar-refractivity contribution in [3.05, 3.63) is 52.4 Å². The standard InChI is InChI=1S/C15H15BrN2O3/c1-2-21-14-8-13(17-9-18-14)11(15(19)20)7-10-5-3-4-6-12(10)16/h3-6,8-9,11H,2,7H2,1H3,(H,19,20). The van der Waals surface area contributed by atoms with E-state index in [0.717, 1.165) is 10.0 Å². The van der Waals surface area contributed by atoms with Crippen molar-refractivity contribution in [1.29, 1.82) is 0 Å². The van der Waals surface area contributed by atoms with Crippen LogP contribution in [0.1, 0.15) is 24.1 Å². The molecule has 110 valence electrons. The van der Waals surface area contributed by atoms with Gasteiger partial charge in [-0.25, -0.2) is 9.97 Å². The third-order valence-electron chi connectivity index (χ3n) is 2.99. The van der Waals surface area contributed by atoms with Crippen molar-refractivity contribution in [1.82, 2.24) is 9.97 Å². The maximum absolute atomic E-state index is 11.6. The van der Waals surface area contributed by atoms with Crippen LogP contribution in [0.15, 0.2) is 41.1 Å². The lowest BCUT2D eigenvalue weighted by molar-refractivity contribution is -0.138. The van der Waals surface area contributed by atoms with Crippen molar-refractivity contribution in [2.45, 2.75) is 19.3 Å². The van der Waals surface area contributed by atoms with Crippen molar-refractivity contribution in [2.24, 2.45) is 0 Å². The monoisotopic (exact) mass is 350 g/mol. The number of benzene rings is 1. The summed E-state index contributed by atoms with van der Waals surface area (Å²) in [4.78, 5) is 19.6. The van der Waals surface area contributed by atoms with E-state index in [-0.39, 0.29) is 0 Å². The fourth-order valence-electron chi connectivity index (χ4n) is 1.97. The van der Waals surface area contributed by atoms with Gasteiger partial charge in [-0.3, -0.25) is 4.79 Å². The molecule has 1 aromatic carbocycles. The average molecular weight is 351 g/mol. The summed E-state index contributed by atoms with van der Waals surface area (Å²) in [7, 11) is 0. The zero-order chi connectivity index (χ0) is 15.2. The molecule has 5 nitrogen and oxygen atoms in total. The molecule has 6 heteroatoms. The van der Waals surface area contributed by atoms with Gasteiger partial charge in [-0.2, -0.15) is 0 Å². The van der Waals surface area contributed by atoms with Crippen LogP contribution in [0.4, 0.5) is 0 Å². The SMILES string of the molecule is CCOc1cc(C(Cc2ccccc2Br)C(=O)O)ncn1. The Bertz CT molecular complexity index is 634. The van der Waals surface area contributed by atoms with Gasteiger partial charge in [0, 0.05) is 10.5 Å². The van der Waals surface area contributed by atoms with E-state index in [4.69, 9.17) is 4.74 Å². The highest BCUT2D eigenvalue weighted by Gasteiger charge is 2.23. The molecule has 21 heavy (non-hydrogen) atoms. The van der Waals surface area contributed by atoms with Gasteiger partial charge in [0.05, 0.1) is 12.3 Å². The first-order valence-corrected chi connectivity index (χ1v) is 7.32. The second kappa shape index (κ2) is 7.17. The van der Waals surface area contributed by atoms with Crippen molar-refractivity contribution in [2.75, 3.05) is 6.61 Å².